The van der Waals surface area contributed by atoms with Crippen molar-refractivity contribution in [3.63, 3.8) is 0 Å². The van der Waals surface area contributed by atoms with Crippen LogP contribution in [0.2, 0.25) is 0 Å². The Labute approximate surface area is 157 Å². The zero-order chi connectivity index (χ0) is 16.7. The van der Waals surface area contributed by atoms with Gasteiger partial charge in [-0.15, -0.1) is 22.0 Å². The first-order valence-corrected chi connectivity index (χ1v) is 10.9. The minimum absolute atomic E-state index is 0.0383. The van der Waals surface area contributed by atoms with E-state index in [-0.39, 0.29) is 5.91 Å². The molecule has 2 rings (SSSR count). The van der Waals surface area contributed by atoms with Crippen LogP contribution >= 0.6 is 50.8 Å². The van der Waals surface area contributed by atoms with Gasteiger partial charge >= 0.3 is 0 Å². The molecule has 0 bridgehead atoms. The number of hydrogen-bond donors (Lipinski definition) is 1. The number of aromatic nitrogens is 2. The lowest BCUT2D eigenvalue weighted by molar-refractivity contribution is -0.113. The second-order valence-electron chi connectivity index (χ2n) is 5.25. The van der Waals surface area contributed by atoms with Crippen molar-refractivity contribution in [1.82, 2.24) is 10.2 Å². The van der Waals surface area contributed by atoms with E-state index in [1.54, 1.807) is 23.5 Å². The molecular weight excluding hydrogens is 414 g/mol. The molecule has 4 nitrogen and oxygen atoms in total. The van der Waals surface area contributed by atoms with Crippen LogP contribution in [0.5, 0.6) is 0 Å². The predicted octanol–water partition coefficient (Wildman–Crippen LogP) is 4.92. The molecule has 0 saturated heterocycles. The molecular formula is C15H18BrN3OS3. The lowest BCUT2D eigenvalue weighted by Gasteiger charge is -2.02. The van der Waals surface area contributed by atoms with Crippen molar-refractivity contribution in [1.29, 1.82) is 0 Å². The summed E-state index contributed by atoms with van der Waals surface area (Å²) in [6, 6.07) is 8.12. The first-order chi connectivity index (χ1) is 11.0. The molecule has 0 aliphatic rings. The van der Waals surface area contributed by atoms with Crippen LogP contribution in [-0.2, 0) is 10.5 Å². The minimum Gasteiger partial charge on any atom is -0.300 e. The van der Waals surface area contributed by atoms with Crippen molar-refractivity contribution in [2.45, 2.75) is 23.9 Å². The summed E-state index contributed by atoms with van der Waals surface area (Å²) in [7, 11) is 0. The van der Waals surface area contributed by atoms with E-state index in [4.69, 9.17) is 0 Å². The molecule has 0 atom stereocenters. The number of anilines is 1. The average molecular weight is 432 g/mol. The van der Waals surface area contributed by atoms with Gasteiger partial charge in [-0.2, -0.15) is 0 Å². The van der Waals surface area contributed by atoms with Crippen LogP contribution < -0.4 is 5.32 Å². The molecule has 2 aromatic rings. The number of amides is 1. The summed E-state index contributed by atoms with van der Waals surface area (Å²) < 4.78 is 1.96. The first kappa shape index (κ1) is 18.8. The summed E-state index contributed by atoms with van der Waals surface area (Å²) >= 11 is 8.10. The largest absolute Gasteiger partial charge is 0.300 e. The van der Waals surface area contributed by atoms with Gasteiger partial charge in [0, 0.05) is 16.0 Å². The number of halogens is 1. The SMILES string of the molecule is CC(C)CSc1nnc(NC(=O)CSCc2ccc(Br)cc2)s1. The van der Waals surface area contributed by atoms with Crippen LogP contribution in [0.25, 0.3) is 0 Å². The van der Waals surface area contributed by atoms with E-state index >= 15 is 0 Å². The van der Waals surface area contributed by atoms with Gasteiger partial charge in [0.1, 0.15) is 0 Å². The fourth-order valence-electron chi connectivity index (χ4n) is 1.55. The minimum atomic E-state index is -0.0383. The number of nitrogens with zero attached hydrogens (tertiary/aromatic N) is 2. The average Bonchev–Trinajstić information content (AvgIpc) is 2.94. The molecule has 0 spiro atoms. The topological polar surface area (TPSA) is 54.9 Å². The van der Waals surface area contributed by atoms with Crippen LogP contribution in [0.15, 0.2) is 33.1 Å². The summed E-state index contributed by atoms with van der Waals surface area (Å²) in [6.45, 7) is 4.33. The van der Waals surface area contributed by atoms with Crippen molar-refractivity contribution in [2.75, 3.05) is 16.8 Å². The quantitative estimate of drug-likeness (QED) is 0.474. The van der Waals surface area contributed by atoms with Gasteiger partial charge in [0.25, 0.3) is 0 Å². The molecule has 0 aliphatic heterocycles. The van der Waals surface area contributed by atoms with Crippen molar-refractivity contribution < 1.29 is 4.79 Å². The highest BCUT2D eigenvalue weighted by Crippen LogP contribution is 2.27. The van der Waals surface area contributed by atoms with Gasteiger partial charge in [0.15, 0.2) is 4.34 Å². The van der Waals surface area contributed by atoms with Crippen molar-refractivity contribution in [3.8, 4) is 0 Å². The number of carbonyl (C=O) groups excluding carboxylic acids is 1. The molecule has 0 fully saturated rings. The third-order valence-corrected chi connectivity index (χ3v) is 6.54. The summed E-state index contributed by atoms with van der Waals surface area (Å²) in [5, 5.41) is 11.5. The molecule has 1 aromatic carbocycles. The Balaban J connectivity index is 1.71. The Morgan fingerprint density at radius 1 is 1.30 bits per heavy atom. The highest BCUT2D eigenvalue weighted by atomic mass is 79.9. The van der Waals surface area contributed by atoms with Crippen molar-refractivity contribution in [3.05, 3.63) is 34.3 Å². The maximum absolute atomic E-state index is 11.9. The highest BCUT2D eigenvalue weighted by Gasteiger charge is 2.09. The van der Waals surface area contributed by atoms with Gasteiger partial charge in [-0.1, -0.05) is 65.0 Å². The van der Waals surface area contributed by atoms with E-state index in [9.17, 15) is 4.79 Å². The molecule has 23 heavy (non-hydrogen) atoms. The van der Waals surface area contributed by atoms with Crippen LogP contribution in [-0.4, -0.2) is 27.6 Å². The molecule has 0 radical (unpaired) electrons. The van der Waals surface area contributed by atoms with Gasteiger partial charge in [-0.3, -0.25) is 10.1 Å². The zero-order valence-electron chi connectivity index (χ0n) is 12.9. The standard InChI is InChI=1S/C15H18BrN3OS3/c1-10(2)7-22-15-19-18-14(23-15)17-13(20)9-21-8-11-3-5-12(16)6-4-11/h3-6,10H,7-9H2,1-2H3,(H,17,18,20). The number of benzene rings is 1. The second-order valence-corrected chi connectivity index (χ2v) is 9.39. The van der Waals surface area contributed by atoms with Crippen molar-refractivity contribution >= 4 is 61.8 Å². The molecule has 0 saturated carbocycles. The van der Waals surface area contributed by atoms with Crippen LogP contribution in [0.1, 0.15) is 19.4 Å². The second kappa shape index (κ2) is 9.66. The van der Waals surface area contributed by atoms with Gasteiger partial charge in [-0.05, 0) is 23.6 Å². The number of hydrogen-bond acceptors (Lipinski definition) is 6. The lowest BCUT2D eigenvalue weighted by Crippen LogP contribution is -2.13. The summed E-state index contributed by atoms with van der Waals surface area (Å²) in [6.07, 6.45) is 0. The van der Waals surface area contributed by atoms with Gasteiger partial charge in [0.2, 0.25) is 11.0 Å². The molecule has 1 amide bonds. The molecule has 1 heterocycles. The first-order valence-electron chi connectivity index (χ1n) is 7.11. The Bertz CT molecular complexity index is 631. The fraction of sp³-hybridized carbons (Fsp3) is 0.400. The third-order valence-electron chi connectivity index (χ3n) is 2.61. The Morgan fingerprint density at radius 2 is 2.04 bits per heavy atom. The summed E-state index contributed by atoms with van der Waals surface area (Å²) in [4.78, 5) is 11.9. The maximum Gasteiger partial charge on any atom is 0.236 e. The highest BCUT2D eigenvalue weighted by molar-refractivity contribution is 9.10. The molecule has 8 heteroatoms. The van der Waals surface area contributed by atoms with Gasteiger partial charge in [0.05, 0.1) is 5.75 Å². The predicted molar refractivity (Wildman–Crippen MR) is 104 cm³/mol. The van der Waals surface area contributed by atoms with E-state index in [0.29, 0.717) is 16.8 Å². The van der Waals surface area contributed by atoms with Crippen LogP contribution in [0, 0.1) is 5.92 Å². The van der Waals surface area contributed by atoms with Gasteiger partial charge < -0.3 is 0 Å². The van der Waals surface area contributed by atoms with E-state index in [2.05, 4.69) is 57.4 Å². The number of thioether (sulfide) groups is 2. The van der Waals surface area contributed by atoms with E-state index < -0.39 is 0 Å². The summed E-state index contributed by atoms with van der Waals surface area (Å²) in [5.41, 5.74) is 1.20. The molecule has 0 aliphatic carbocycles. The Hall–Kier alpha value is -0.570. The number of carbonyl (C=O) groups is 1. The van der Waals surface area contributed by atoms with Crippen LogP contribution in [0.3, 0.4) is 0 Å². The number of rotatable bonds is 8. The maximum atomic E-state index is 11.9. The zero-order valence-corrected chi connectivity index (χ0v) is 16.9. The summed E-state index contributed by atoms with van der Waals surface area (Å²) in [5.74, 6) is 2.79. The fourth-order valence-corrected chi connectivity index (χ4v) is 4.35. The Morgan fingerprint density at radius 3 is 2.74 bits per heavy atom. The molecule has 1 aromatic heterocycles. The van der Waals surface area contributed by atoms with Crippen LogP contribution in [0.4, 0.5) is 5.13 Å². The third kappa shape index (κ3) is 7.24. The molecule has 0 unspecified atom stereocenters. The molecule has 1 N–H and O–H groups in total. The number of nitrogens with one attached hydrogen (secondary N) is 1. The van der Waals surface area contributed by atoms with Crippen molar-refractivity contribution in [2.24, 2.45) is 5.92 Å². The van der Waals surface area contributed by atoms with E-state index in [0.717, 1.165) is 20.3 Å². The Kier molecular flexibility index (Phi) is 7.88. The smallest absolute Gasteiger partial charge is 0.236 e. The van der Waals surface area contributed by atoms with Gasteiger partial charge in [-0.25, -0.2) is 0 Å². The van der Waals surface area contributed by atoms with E-state index in [1.165, 1.54) is 16.9 Å². The lowest BCUT2D eigenvalue weighted by atomic mass is 10.2. The monoisotopic (exact) mass is 431 g/mol. The van der Waals surface area contributed by atoms with E-state index in [1.807, 2.05) is 12.1 Å². The molecule has 124 valence electrons. The normalized spacial score (nSPS) is 11.0.